The van der Waals surface area contributed by atoms with Gasteiger partial charge in [-0.3, -0.25) is 0 Å². The molecule has 0 saturated carbocycles. The van der Waals surface area contributed by atoms with Crippen molar-refractivity contribution in [3.8, 4) is 5.75 Å². The average molecular weight is 305 g/mol. The van der Waals surface area contributed by atoms with Gasteiger partial charge in [0.2, 0.25) is 10.0 Å². The van der Waals surface area contributed by atoms with Crippen molar-refractivity contribution in [1.82, 2.24) is 4.31 Å². The molecule has 1 atom stereocenters. The van der Waals surface area contributed by atoms with Gasteiger partial charge in [0.15, 0.2) is 0 Å². The van der Waals surface area contributed by atoms with Crippen molar-refractivity contribution >= 4 is 10.0 Å². The Bertz CT molecular complexity index is 773. The van der Waals surface area contributed by atoms with Crippen LogP contribution in [0.15, 0.2) is 53.4 Å². The zero-order chi connectivity index (χ0) is 15.0. The molecular formula is C15H15NO4S. The molecule has 5 nitrogen and oxygen atoms in total. The summed E-state index contributed by atoms with van der Waals surface area (Å²) < 4.78 is 31.4. The Labute approximate surface area is 123 Å². The van der Waals surface area contributed by atoms with Crippen molar-refractivity contribution in [3.05, 3.63) is 59.7 Å². The Morgan fingerprint density at radius 3 is 2.52 bits per heavy atom. The second-order valence-electron chi connectivity index (χ2n) is 4.77. The van der Waals surface area contributed by atoms with Gasteiger partial charge in [-0.05, 0) is 12.1 Å². The van der Waals surface area contributed by atoms with Crippen LogP contribution in [0.5, 0.6) is 5.75 Å². The molecule has 2 aromatic carbocycles. The summed E-state index contributed by atoms with van der Waals surface area (Å²) in [7, 11) is -2.16. The van der Waals surface area contributed by atoms with Crippen LogP contribution in [0.4, 0.5) is 0 Å². The number of rotatable bonds is 3. The predicted octanol–water partition coefficient (Wildman–Crippen LogP) is 1.89. The molecule has 2 aromatic rings. The van der Waals surface area contributed by atoms with Gasteiger partial charge < -0.3 is 9.84 Å². The smallest absolute Gasteiger partial charge is 0.246 e. The van der Waals surface area contributed by atoms with Crippen molar-refractivity contribution < 1.29 is 18.3 Å². The summed E-state index contributed by atoms with van der Waals surface area (Å²) in [6.07, 6.45) is -1.17. The second kappa shape index (κ2) is 5.14. The molecule has 0 bridgehead atoms. The number of sulfonamides is 1. The lowest BCUT2D eigenvalue weighted by Gasteiger charge is -2.20. The van der Waals surface area contributed by atoms with Gasteiger partial charge in [-0.2, -0.15) is 4.31 Å². The van der Waals surface area contributed by atoms with Crippen LogP contribution in [0.25, 0.3) is 0 Å². The molecule has 21 heavy (non-hydrogen) atoms. The van der Waals surface area contributed by atoms with Crippen molar-refractivity contribution in [1.29, 1.82) is 0 Å². The fraction of sp³-hybridized carbons (Fsp3) is 0.200. The summed E-state index contributed by atoms with van der Waals surface area (Å²) in [6, 6.07) is 13.7. The number of ether oxygens (including phenoxy) is 1. The number of methoxy groups -OCH3 is 1. The van der Waals surface area contributed by atoms with Gasteiger partial charge in [-0.1, -0.05) is 36.4 Å². The molecule has 0 spiro atoms. The zero-order valence-corrected chi connectivity index (χ0v) is 12.2. The van der Waals surface area contributed by atoms with Gasteiger partial charge in [-0.25, -0.2) is 8.42 Å². The van der Waals surface area contributed by atoms with Crippen molar-refractivity contribution in [2.75, 3.05) is 7.11 Å². The molecule has 1 aliphatic heterocycles. The SMILES string of the molecule is COc1ccccc1CN1C(O)c2ccccc2S1(=O)=O. The van der Waals surface area contributed by atoms with Gasteiger partial charge in [0.1, 0.15) is 12.0 Å². The first-order chi connectivity index (χ1) is 10.1. The molecule has 1 aliphatic rings. The quantitative estimate of drug-likeness (QED) is 0.940. The van der Waals surface area contributed by atoms with E-state index in [2.05, 4.69) is 0 Å². The first kappa shape index (κ1) is 14.1. The maximum atomic E-state index is 12.5. The molecule has 0 aliphatic carbocycles. The molecule has 0 aromatic heterocycles. The number of aliphatic hydroxyl groups is 1. The average Bonchev–Trinajstić information content (AvgIpc) is 2.69. The Kier molecular flexibility index (Phi) is 3.44. The lowest BCUT2D eigenvalue weighted by Crippen LogP contribution is -2.27. The van der Waals surface area contributed by atoms with Gasteiger partial charge >= 0.3 is 0 Å². The Hall–Kier alpha value is -1.89. The van der Waals surface area contributed by atoms with E-state index < -0.39 is 16.3 Å². The zero-order valence-electron chi connectivity index (χ0n) is 11.4. The fourth-order valence-electron chi connectivity index (χ4n) is 2.51. The van der Waals surface area contributed by atoms with E-state index >= 15 is 0 Å². The monoisotopic (exact) mass is 305 g/mol. The maximum Gasteiger partial charge on any atom is 0.246 e. The summed E-state index contributed by atoms with van der Waals surface area (Å²) in [5.74, 6) is 0.593. The van der Waals surface area contributed by atoms with Crippen molar-refractivity contribution in [2.45, 2.75) is 17.7 Å². The van der Waals surface area contributed by atoms with E-state index in [4.69, 9.17) is 4.74 Å². The predicted molar refractivity (Wildman–Crippen MR) is 77.1 cm³/mol. The van der Waals surface area contributed by atoms with Crippen LogP contribution in [0, 0.1) is 0 Å². The third-order valence-corrected chi connectivity index (χ3v) is 5.45. The first-order valence-electron chi connectivity index (χ1n) is 6.46. The maximum absolute atomic E-state index is 12.5. The van der Waals surface area contributed by atoms with E-state index in [0.29, 0.717) is 16.9 Å². The van der Waals surface area contributed by atoms with E-state index in [1.807, 2.05) is 6.07 Å². The lowest BCUT2D eigenvalue weighted by molar-refractivity contribution is 0.0645. The van der Waals surface area contributed by atoms with Crippen LogP contribution in [0.1, 0.15) is 17.4 Å². The summed E-state index contributed by atoms with van der Waals surface area (Å²) >= 11 is 0. The van der Waals surface area contributed by atoms with Crippen LogP contribution in [0.3, 0.4) is 0 Å². The molecule has 110 valence electrons. The minimum atomic E-state index is -3.69. The summed E-state index contributed by atoms with van der Waals surface area (Å²) in [6.45, 7) is 0.0577. The molecular weight excluding hydrogens is 290 g/mol. The molecule has 1 N–H and O–H groups in total. The van der Waals surface area contributed by atoms with E-state index in [-0.39, 0.29) is 11.4 Å². The topological polar surface area (TPSA) is 66.8 Å². The highest BCUT2D eigenvalue weighted by Gasteiger charge is 2.41. The highest BCUT2D eigenvalue weighted by atomic mass is 32.2. The number of hydrogen-bond acceptors (Lipinski definition) is 4. The summed E-state index contributed by atoms with van der Waals surface area (Å²) in [5.41, 5.74) is 1.11. The van der Waals surface area contributed by atoms with E-state index in [1.165, 1.54) is 13.2 Å². The molecule has 1 unspecified atom stereocenters. The van der Waals surface area contributed by atoms with E-state index in [0.717, 1.165) is 4.31 Å². The lowest BCUT2D eigenvalue weighted by atomic mass is 10.1. The molecule has 1 heterocycles. The standard InChI is InChI=1S/C15H15NO4S/c1-20-13-8-4-2-6-11(13)10-16-15(17)12-7-3-5-9-14(12)21(16,18)19/h2-9,15,17H,10H2,1H3. The molecule has 0 amide bonds. The highest BCUT2D eigenvalue weighted by molar-refractivity contribution is 7.89. The Balaban J connectivity index is 2.01. The van der Waals surface area contributed by atoms with Crippen molar-refractivity contribution in [2.24, 2.45) is 0 Å². The number of fused-ring (bicyclic) bond motifs is 1. The normalized spacial score (nSPS) is 20.2. The third kappa shape index (κ3) is 2.21. The van der Waals surface area contributed by atoms with Crippen LogP contribution in [-0.2, 0) is 16.6 Å². The van der Waals surface area contributed by atoms with Crippen LogP contribution >= 0.6 is 0 Å². The number of nitrogens with zero attached hydrogens (tertiary/aromatic N) is 1. The van der Waals surface area contributed by atoms with Crippen LogP contribution < -0.4 is 4.74 Å². The number of benzene rings is 2. The van der Waals surface area contributed by atoms with Gasteiger partial charge in [0, 0.05) is 17.7 Å². The molecule has 0 fully saturated rings. The van der Waals surface area contributed by atoms with E-state index in [1.54, 1.807) is 36.4 Å². The summed E-state index contributed by atoms with van der Waals surface area (Å²) in [4.78, 5) is 0.160. The number of para-hydroxylation sites is 1. The minimum Gasteiger partial charge on any atom is -0.496 e. The number of aliphatic hydroxyl groups excluding tert-OH is 1. The van der Waals surface area contributed by atoms with Gasteiger partial charge in [-0.15, -0.1) is 0 Å². The minimum absolute atomic E-state index is 0.0577. The largest absolute Gasteiger partial charge is 0.496 e. The van der Waals surface area contributed by atoms with Crippen molar-refractivity contribution in [3.63, 3.8) is 0 Å². The Morgan fingerprint density at radius 1 is 1.14 bits per heavy atom. The Morgan fingerprint density at radius 2 is 1.81 bits per heavy atom. The molecule has 3 rings (SSSR count). The molecule has 6 heteroatoms. The van der Waals surface area contributed by atoms with Crippen LogP contribution in [-0.4, -0.2) is 24.9 Å². The first-order valence-corrected chi connectivity index (χ1v) is 7.90. The van der Waals surface area contributed by atoms with Gasteiger partial charge in [0.05, 0.1) is 12.0 Å². The van der Waals surface area contributed by atoms with Crippen LogP contribution in [0.2, 0.25) is 0 Å². The fourth-order valence-corrected chi connectivity index (χ4v) is 4.17. The molecule has 0 radical (unpaired) electrons. The van der Waals surface area contributed by atoms with Gasteiger partial charge in [0.25, 0.3) is 0 Å². The second-order valence-corrected chi connectivity index (χ2v) is 6.63. The van der Waals surface area contributed by atoms with E-state index in [9.17, 15) is 13.5 Å². The highest BCUT2D eigenvalue weighted by Crippen LogP contribution is 2.39. The third-order valence-electron chi connectivity index (χ3n) is 3.58. The summed E-state index contributed by atoms with van der Waals surface area (Å²) in [5, 5.41) is 10.3. The molecule has 0 saturated heterocycles. The number of hydrogen-bond donors (Lipinski definition) is 1.